The van der Waals surface area contributed by atoms with Crippen molar-refractivity contribution in [2.45, 2.75) is 44.8 Å². The Bertz CT molecular complexity index is 417. The predicted octanol–water partition coefficient (Wildman–Crippen LogP) is 2.62. The highest BCUT2D eigenvalue weighted by molar-refractivity contribution is 5.35. The zero-order valence-corrected chi connectivity index (χ0v) is 11.4. The van der Waals surface area contributed by atoms with Crippen LogP contribution < -0.4 is 10.1 Å². The SMILES string of the molecule is CCNCc1cccc(F)c1OCC1(O)CCCC1. The van der Waals surface area contributed by atoms with E-state index >= 15 is 0 Å². The molecule has 0 spiro atoms. The van der Waals surface area contributed by atoms with Gasteiger partial charge in [0.05, 0.1) is 5.60 Å². The van der Waals surface area contributed by atoms with Crippen molar-refractivity contribution in [1.29, 1.82) is 0 Å². The predicted molar refractivity (Wildman–Crippen MR) is 72.7 cm³/mol. The number of hydrogen-bond acceptors (Lipinski definition) is 3. The maximum absolute atomic E-state index is 13.8. The van der Waals surface area contributed by atoms with Gasteiger partial charge in [0.25, 0.3) is 0 Å². The van der Waals surface area contributed by atoms with Crippen LogP contribution >= 0.6 is 0 Å². The topological polar surface area (TPSA) is 41.5 Å². The van der Waals surface area contributed by atoms with Crippen LogP contribution in [0.1, 0.15) is 38.2 Å². The number of hydrogen-bond donors (Lipinski definition) is 2. The van der Waals surface area contributed by atoms with Gasteiger partial charge in [-0.2, -0.15) is 0 Å². The molecular weight excluding hydrogens is 245 g/mol. The van der Waals surface area contributed by atoms with Gasteiger partial charge < -0.3 is 15.2 Å². The first-order chi connectivity index (χ1) is 9.14. The van der Waals surface area contributed by atoms with Crippen LogP contribution in [-0.2, 0) is 6.54 Å². The summed E-state index contributed by atoms with van der Waals surface area (Å²) in [5.41, 5.74) is 0.0148. The fourth-order valence-corrected chi connectivity index (χ4v) is 2.50. The van der Waals surface area contributed by atoms with Gasteiger partial charge in [-0.3, -0.25) is 0 Å². The summed E-state index contributed by atoms with van der Waals surface area (Å²) in [5, 5.41) is 13.4. The van der Waals surface area contributed by atoms with Crippen molar-refractivity contribution in [2.75, 3.05) is 13.2 Å². The average Bonchev–Trinajstić information content (AvgIpc) is 2.82. The minimum absolute atomic E-state index is 0.174. The lowest BCUT2D eigenvalue weighted by molar-refractivity contribution is 0.0000143. The maximum atomic E-state index is 13.8. The fourth-order valence-electron chi connectivity index (χ4n) is 2.50. The lowest BCUT2D eigenvalue weighted by atomic mass is 10.0. The third kappa shape index (κ3) is 3.67. The summed E-state index contributed by atoms with van der Waals surface area (Å²) in [6.07, 6.45) is 3.51. The monoisotopic (exact) mass is 267 g/mol. The van der Waals surface area contributed by atoms with E-state index in [4.69, 9.17) is 4.74 Å². The molecule has 0 heterocycles. The second kappa shape index (κ2) is 6.35. The molecular formula is C15H22FNO2. The van der Waals surface area contributed by atoms with Crippen molar-refractivity contribution in [1.82, 2.24) is 5.32 Å². The zero-order chi connectivity index (χ0) is 13.7. The van der Waals surface area contributed by atoms with E-state index < -0.39 is 5.60 Å². The largest absolute Gasteiger partial charge is 0.487 e. The molecule has 1 fully saturated rings. The molecule has 2 N–H and O–H groups in total. The van der Waals surface area contributed by atoms with E-state index in [1.807, 2.05) is 13.0 Å². The van der Waals surface area contributed by atoms with E-state index in [0.717, 1.165) is 37.8 Å². The quantitative estimate of drug-likeness (QED) is 0.832. The number of rotatable bonds is 6. The number of aliphatic hydroxyl groups is 1. The lowest BCUT2D eigenvalue weighted by Crippen LogP contribution is -2.32. The van der Waals surface area contributed by atoms with E-state index in [9.17, 15) is 9.50 Å². The standard InChI is InChI=1S/C15H22FNO2/c1-2-17-10-12-6-5-7-13(16)14(12)19-11-15(18)8-3-4-9-15/h5-7,17-18H,2-4,8-11H2,1H3. The Morgan fingerprint density at radius 2 is 2.11 bits per heavy atom. The van der Waals surface area contributed by atoms with Crippen LogP contribution in [0, 0.1) is 5.82 Å². The molecule has 0 aliphatic heterocycles. The number of nitrogens with one attached hydrogen (secondary N) is 1. The molecule has 4 heteroatoms. The molecule has 2 rings (SSSR count). The first-order valence-corrected chi connectivity index (χ1v) is 6.98. The third-order valence-corrected chi connectivity index (χ3v) is 3.63. The zero-order valence-electron chi connectivity index (χ0n) is 11.4. The number of ether oxygens (including phenoxy) is 1. The van der Waals surface area contributed by atoms with Crippen LogP contribution in [-0.4, -0.2) is 23.9 Å². The smallest absolute Gasteiger partial charge is 0.165 e. The molecule has 1 saturated carbocycles. The molecule has 0 aromatic heterocycles. The molecule has 1 aliphatic carbocycles. The van der Waals surface area contributed by atoms with Crippen molar-refractivity contribution in [3.63, 3.8) is 0 Å². The Labute approximate surface area is 113 Å². The molecule has 3 nitrogen and oxygen atoms in total. The van der Waals surface area contributed by atoms with Crippen LogP contribution in [0.25, 0.3) is 0 Å². The summed E-state index contributed by atoms with van der Waals surface area (Å²) in [6, 6.07) is 4.92. The second-order valence-electron chi connectivity index (χ2n) is 5.23. The Hall–Kier alpha value is -1.13. The third-order valence-electron chi connectivity index (χ3n) is 3.63. The highest BCUT2D eigenvalue weighted by Gasteiger charge is 2.32. The van der Waals surface area contributed by atoms with Gasteiger partial charge in [-0.25, -0.2) is 4.39 Å². The van der Waals surface area contributed by atoms with E-state index in [1.54, 1.807) is 6.07 Å². The van der Waals surface area contributed by atoms with Gasteiger partial charge >= 0.3 is 0 Å². The average molecular weight is 267 g/mol. The maximum Gasteiger partial charge on any atom is 0.165 e. The Morgan fingerprint density at radius 3 is 2.79 bits per heavy atom. The molecule has 0 saturated heterocycles. The summed E-state index contributed by atoms with van der Waals surface area (Å²) in [4.78, 5) is 0. The summed E-state index contributed by atoms with van der Waals surface area (Å²) < 4.78 is 19.4. The highest BCUT2D eigenvalue weighted by Crippen LogP contribution is 2.31. The molecule has 0 atom stereocenters. The summed E-state index contributed by atoms with van der Waals surface area (Å²) in [6.45, 7) is 3.57. The molecule has 0 radical (unpaired) electrons. The first kappa shape index (κ1) is 14.3. The van der Waals surface area contributed by atoms with Crippen molar-refractivity contribution in [3.8, 4) is 5.75 Å². The van der Waals surface area contributed by atoms with Gasteiger partial charge in [0.15, 0.2) is 11.6 Å². The molecule has 1 aromatic carbocycles. The van der Waals surface area contributed by atoms with E-state index in [2.05, 4.69) is 5.32 Å². The van der Waals surface area contributed by atoms with Crippen molar-refractivity contribution in [3.05, 3.63) is 29.6 Å². The first-order valence-electron chi connectivity index (χ1n) is 6.98. The number of benzene rings is 1. The van der Waals surface area contributed by atoms with Crippen LogP contribution in [0.15, 0.2) is 18.2 Å². The Morgan fingerprint density at radius 1 is 1.37 bits per heavy atom. The van der Waals surface area contributed by atoms with Gasteiger partial charge in [0, 0.05) is 12.1 Å². The van der Waals surface area contributed by atoms with Crippen LogP contribution in [0.3, 0.4) is 0 Å². The molecule has 106 valence electrons. The Balaban J connectivity index is 2.05. The van der Waals surface area contributed by atoms with Crippen molar-refractivity contribution < 1.29 is 14.2 Å². The fraction of sp³-hybridized carbons (Fsp3) is 0.600. The Kier molecular flexibility index (Phi) is 4.77. The van der Waals surface area contributed by atoms with E-state index in [1.165, 1.54) is 6.07 Å². The van der Waals surface area contributed by atoms with Crippen molar-refractivity contribution in [2.24, 2.45) is 0 Å². The highest BCUT2D eigenvalue weighted by atomic mass is 19.1. The minimum atomic E-state index is -0.780. The van der Waals surface area contributed by atoms with Gasteiger partial charge in [-0.1, -0.05) is 31.9 Å². The van der Waals surface area contributed by atoms with E-state index in [-0.39, 0.29) is 18.2 Å². The molecule has 0 unspecified atom stereocenters. The lowest BCUT2D eigenvalue weighted by Gasteiger charge is -2.23. The molecule has 0 amide bonds. The molecule has 1 aromatic rings. The summed E-state index contributed by atoms with van der Waals surface area (Å²) >= 11 is 0. The van der Waals surface area contributed by atoms with Gasteiger partial charge in [-0.05, 0) is 25.5 Å². The second-order valence-corrected chi connectivity index (χ2v) is 5.23. The molecule has 19 heavy (non-hydrogen) atoms. The number of para-hydroxylation sites is 1. The van der Waals surface area contributed by atoms with Gasteiger partial charge in [0.2, 0.25) is 0 Å². The number of halogens is 1. The summed E-state index contributed by atoms with van der Waals surface area (Å²) in [7, 11) is 0. The van der Waals surface area contributed by atoms with E-state index in [0.29, 0.717) is 6.54 Å². The summed E-state index contributed by atoms with van der Waals surface area (Å²) in [5.74, 6) is -0.0965. The van der Waals surface area contributed by atoms with Crippen LogP contribution in [0.5, 0.6) is 5.75 Å². The minimum Gasteiger partial charge on any atom is -0.487 e. The van der Waals surface area contributed by atoms with Gasteiger partial charge in [0.1, 0.15) is 6.61 Å². The van der Waals surface area contributed by atoms with Crippen molar-refractivity contribution >= 4 is 0 Å². The van der Waals surface area contributed by atoms with Gasteiger partial charge in [-0.15, -0.1) is 0 Å². The van der Waals surface area contributed by atoms with Crippen LogP contribution in [0.4, 0.5) is 4.39 Å². The molecule has 1 aliphatic rings. The van der Waals surface area contributed by atoms with Crippen LogP contribution in [0.2, 0.25) is 0 Å². The molecule has 0 bridgehead atoms. The normalized spacial score (nSPS) is 17.6.